The molecule has 0 aliphatic carbocycles. The maximum absolute atomic E-state index is 6.74. The lowest BCUT2D eigenvalue weighted by Gasteiger charge is -2.62. The molecule has 0 saturated carbocycles. The van der Waals surface area contributed by atoms with E-state index >= 15 is 0 Å². The van der Waals surface area contributed by atoms with Crippen molar-refractivity contribution in [1.29, 1.82) is 0 Å². The van der Waals surface area contributed by atoms with Crippen molar-refractivity contribution >= 4 is 0 Å². The standard InChI is InChI=1S/C23H45N5/c1-25-11-4-19(5-12-25)23(20-6-13-26(2)14-7-20)18-21(24)8-17-28(23)22-9-15-27(3)16-10-22/h19-22H,4-18,24H2,1-3H3. The molecule has 28 heavy (non-hydrogen) atoms. The van der Waals surface area contributed by atoms with Crippen LogP contribution in [0.3, 0.4) is 0 Å². The number of hydrogen-bond acceptors (Lipinski definition) is 5. The highest BCUT2D eigenvalue weighted by Gasteiger charge is 2.54. The van der Waals surface area contributed by atoms with E-state index in [2.05, 4.69) is 40.7 Å². The lowest BCUT2D eigenvalue weighted by Crippen LogP contribution is -2.69. The molecule has 4 heterocycles. The molecule has 0 aromatic carbocycles. The van der Waals surface area contributed by atoms with Crippen molar-refractivity contribution in [2.45, 2.75) is 69.0 Å². The van der Waals surface area contributed by atoms with Crippen molar-refractivity contribution in [1.82, 2.24) is 19.6 Å². The summed E-state index contributed by atoms with van der Waals surface area (Å²) in [7, 11) is 6.91. The SMILES string of the molecule is CN1CCC(N2CCC(N)CC2(C2CCN(C)CC2)C2CCN(C)CC2)CC1. The Labute approximate surface area is 173 Å². The van der Waals surface area contributed by atoms with Crippen LogP contribution >= 0.6 is 0 Å². The Kier molecular flexibility index (Phi) is 6.68. The molecular formula is C23H45N5. The van der Waals surface area contributed by atoms with Crippen LogP contribution in [0, 0.1) is 11.8 Å². The smallest absolute Gasteiger partial charge is 0.0285 e. The van der Waals surface area contributed by atoms with Crippen LogP contribution in [0.1, 0.15) is 51.4 Å². The lowest BCUT2D eigenvalue weighted by atomic mass is 9.61. The van der Waals surface area contributed by atoms with Crippen LogP contribution < -0.4 is 5.73 Å². The van der Waals surface area contributed by atoms with Gasteiger partial charge in [0.1, 0.15) is 0 Å². The molecule has 4 fully saturated rings. The summed E-state index contributed by atoms with van der Waals surface area (Å²) >= 11 is 0. The van der Waals surface area contributed by atoms with Gasteiger partial charge < -0.3 is 20.4 Å². The van der Waals surface area contributed by atoms with Crippen LogP contribution in [0.4, 0.5) is 0 Å². The third kappa shape index (κ3) is 4.15. The molecule has 1 atom stereocenters. The molecule has 4 rings (SSSR count). The van der Waals surface area contributed by atoms with Gasteiger partial charge >= 0.3 is 0 Å². The van der Waals surface area contributed by atoms with Crippen molar-refractivity contribution in [3.63, 3.8) is 0 Å². The van der Waals surface area contributed by atoms with Gasteiger partial charge in [-0.25, -0.2) is 0 Å². The fraction of sp³-hybridized carbons (Fsp3) is 1.00. The minimum Gasteiger partial charge on any atom is -0.328 e. The number of piperidine rings is 4. The van der Waals surface area contributed by atoms with Crippen LogP contribution in [0.2, 0.25) is 0 Å². The molecule has 0 amide bonds. The van der Waals surface area contributed by atoms with Crippen molar-refractivity contribution < 1.29 is 0 Å². The van der Waals surface area contributed by atoms with Gasteiger partial charge in [-0.3, -0.25) is 4.90 Å². The van der Waals surface area contributed by atoms with E-state index < -0.39 is 0 Å². The summed E-state index contributed by atoms with van der Waals surface area (Å²) in [5.41, 5.74) is 7.10. The summed E-state index contributed by atoms with van der Waals surface area (Å²) in [6.45, 7) is 8.87. The van der Waals surface area contributed by atoms with E-state index in [0.29, 0.717) is 11.6 Å². The first-order valence-corrected chi connectivity index (χ1v) is 12.1. The highest BCUT2D eigenvalue weighted by molar-refractivity contribution is 5.09. The summed E-state index contributed by atoms with van der Waals surface area (Å²) in [5.74, 6) is 1.67. The second-order valence-electron chi connectivity index (χ2n) is 10.6. The zero-order chi connectivity index (χ0) is 19.7. The van der Waals surface area contributed by atoms with E-state index in [1.807, 2.05) is 0 Å². The van der Waals surface area contributed by atoms with Crippen LogP contribution in [0.5, 0.6) is 0 Å². The highest BCUT2D eigenvalue weighted by atomic mass is 15.3. The quantitative estimate of drug-likeness (QED) is 0.796. The fourth-order valence-corrected chi connectivity index (χ4v) is 7.13. The van der Waals surface area contributed by atoms with Gasteiger partial charge in [0.2, 0.25) is 0 Å². The molecule has 5 heteroatoms. The summed E-state index contributed by atoms with van der Waals surface area (Å²) in [5, 5.41) is 0. The molecule has 4 aliphatic rings. The Morgan fingerprint density at radius 1 is 0.607 bits per heavy atom. The van der Waals surface area contributed by atoms with E-state index in [0.717, 1.165) is 17.9 Å². The molecule has 0 aromatic rings. The van der Waals surface area contributed by atoms with Gasteiger partial charge in [0, 0.05) is 24.2 Å². The van der Waals surface area contributed by atoms with Gasteiger partial charge in [-0.2, -0.15) is 0 Å². The number of hydrogen-bond donors (Lipinski definition) is 1. The molecule has 2 N–H and O–H groups in total. The molecule has 4 saturated heterocycles. The van der Waals surface area contributed by atoms with E-state index in [-0.39, 0.29) is 0 Å². The number of likely N-dealkylation sites (tertiary alicyclic amines) is 4. The van der Waals surface area contributed by atoms with E-state index in [4.69, 9.17) is 5.73 Å². The lowest BCUT2D eigenvalue weighted by molar-refractivity contribution is -0.113. The largest absolute Gasteiger partial charge is 0.328 e. The fourth-order valence-electron chi connectivity index (χ4n) is 7.13. The van der Waals surface area contributed by atoms with Gasteiger partial charge in [0.05, 0.1) is 0 Å². The Hall–Kier alpha value is -0.200. The molecule has 1 unspecified atom stereocenters. The maximum Gasteiger partial charge on any atom is 0.0285 e. The second-order valence-corrected chi connectivity index (χ2v) is 10.6. The van der Waals surface area contributed by atoms with Gasteiger partial charge in [0.25, 0.3) is 0 Å². The zero-order valence-electron chi connectivity index (χ0n) is 18.8. The van der Waals surface area contributed by atoms with Gasteiger partial charge in [-0.05, 0) is 124 Å². The monoisotopic (exact) mass is 391 g/mol. The van der Waals surface area contributed by atoms with Crippen LogP contribution in [0.15, 0.2) is 0 Å². The number of rotatable bonds is 3. The first kappa shape index (κ1) is 21.0. The van der Waals surface area contributed by atoms with Crippen molar-refractivity contribution in [3.05, 3.63) is 0 Å². The van der Waals surface area contributed by atoms with E-state index in [1.54, 1.807) is 0 Å². The maximum atomic E-state index is 6.74. The molecule has 5 nitrogen and oxygen atoms in total. The van der Waals surface area contributed by atoms with E-state index in [1.165, 1.54) is 97.2 Å². The van der Waals surface area contributed by atoms with Gasteiger partial charge in [-0.1, -0.05) is 0 Å². The molecule has 0 bridgehead atoms. The molecule has 0 radical (unpaired) electrons. The highest BCUT2D eigenvalue weighted by Crippen LogP contribution is 2.49. The molecule has 0 aromatic heterocycles. The molecule has 0 spiro atoms. The van der Waals surface area contributed by atoms with Gasteiger partial charge in [0.15, 0.2) is 0 Å². The zero-order valence-corrected chi connectivity index (χ0v) is 18.8. The number of nitrogens with zero attached hydrogens (tertiary/aromatic N) is 4. The first-order chi connectivity index (χ1) is 13.5. The average molecular weight is 392 g/mol. The summed E-state index contributed by atoms with van der Waals surface area (Å²) in [6, 6.07) is 1.19. The topological polar surface area (TPSA) is 39.0 Å². The number of nitrogens with two attached hydrogens (primary N) is 1. The molecule has 162 valence electrons. The molecular weight excluding hydrogens is 346 g/mol. The van der Waals surface area contributed by atoms with E-state index in [9.17, 15) is 0 Å². The predicted molar refractivity (Wildman–Crippen MR) is 118 cm³/mol. The average Bonchev–Trinajstić information content (AvgIpc) is 2.70. The third-order valence-electron chi connectivity index (χ3n) is 8.84. The Morgan fingerprint density at radius 2 is 1.04 bits per heavy atom. The minimum atomic E-state index is 0.362. The predicted octanol–water partition coefficient (Wildman–Crippen LogP) is 1.93. The van der Waals surface area contributed by atoms with Crippen LogP contribution in [-0.2, 0) is 0 Å². The second kappa shape index (κ2) is 8.89. The van der Waals surface area contributed by atoms with Crippen LogP contribution in [0.25, 0.3) is 0 Å². The Morgan fingerprint density at radius 3 is 1.50 bits per heavy atom. The van der Waals surface area contributed by atoms with Gasteiger partial charge in [-0.15, -0.1) is 0 Å². The first-order valence-electron chi connectivity index (χ1n) is 12.1. The Bertz CT molecular complexity index is 465. The minimum absolute atomic E-state index is 0.362. The third-order valence-corrected chi connectivity index (χ3v) is 8.84. The summed E-state index contributed by atoms with van der Waals surface area (Å²) in [4.78, 5) is 10.7. The van der Waals surface area contributed by atoms with Crippen molar-refractivity contribution in [2.24, 2.45) is 17.6 Å². The summed E-state index contributed by atoms with van der Waals surface area (Å²) in [6.07, 6.45) is 10.7. The van der Waals surface area contributed by atoms with Crippen molar-refractivity contribution in [2.75, 3.05) is 67.0 Å². The van der Waals surface area contributed by atoms with Crippen LogP contribution in [-0.4, -0.2) is 104 Å². The summed E-state index contributed by atoms with van der Waals surface area (Å²) < 4.78 is 0. The van der Waals surface area contributed by atoms with Crippen molar-refractivity contribution in [3.8, 4) is 0 Å². The Balaban J connectivity index is 1.65. The normalized spacial score (nSPS) is 34.1. The molecule has 4 aliphatic heterocycles.